The average molecular weight is 259 g/mol. The van der Waals surface area contributed by atoms with Crippen molar-refractivity contribution in [2.24, 2.45) is 0 Å². The molecule has 0 heterocycles. The maximum atomic E-state index is 10.8. The Kier molecular flexibility index (Phi) is 4.68. The monoisotopic (exact) mass is 259 g/mol. The summed E-state index contributed by atoms with van der Waals surface area (Å²) < 4.78 is 44.8. The van der Waals surface area contributed by atoms with Gasteiger partial charge >= 0.3 is 5.97 Å². The van der Waals surface area contributed by atoms with Gasteiger partial charge in [-0.05, 0) is 6.42 Å². The fourth-order valence-corrected chi connectivity index (χ4v) is 2.22. The Hall–Kier alpha value is -0.670. The van der Waals surface area contributed by atoms with Crippen molar-refractivity contribution in [3.8, 4) is 0 Å². The Morgan fingerprint density at radius 3 is 2.00 bits per heavy atom. The van der Waals surface area contributed by atoms with E-state index >= 15 is 0 Å². The minimum absolute atomic E-state index is 0.290. The zero-order valence-electron chi connectivity index (χ0n) is 8.30. The molecule has 90 valence electrons. The highest BCUT2D eigenvalue weighted by atomic mass is 32.2. The standard InChI is InChI=1S/C6H13NO6S2/c1-14(10,11)4-3-5(6(8)9)7-15(2,12)13/h5,7H,3-4H2,1-2H3,(H,8,9). The molecule has 0 aliphatic rings. The van der Waals surface area contributed by atoms with Crippen molar-refractivity contribution in [3.63, 3.8) is 0 Å². The Morgan fingerprint density at radius 2 is 1.73 bits per heavy atom. The van der Waals surface area contributed by atoms with Gasteiger partial charge in [0.15, 0.2) is 0 Å². The molecule has 2 N–H and O–H groups in total. The Balaban J connectivity index is 4.51. The number of carboxylic acid groups (broad SMARTS) is 1. The van der Waals surface area contributed by atoms with Crippen LogP contribution in [-0.4, -0.2) is 52.2 Å². The van der Waals surface area contributed by atoms with Gasteiger partial charge < -0.3 is 5.11 Å². The molecule has 0 radical (unpaired) electrons. The molecule has 0 spiro atoms. The van der Waals surface area contributed by atoms with E-state index in [0.29, 0.717) is 0 Å². The Morgan fingerprint density at radius 1 is 1.27 bits per heavy atom. The zero-order chi connectivity index (χ0) is 12.3. The van der Waals surface area contributed by atoms with Crippen LogP contribution in [0.3, 0.4) is 0 Å². The van der Waals surface area contributed by atoms with E-state index in [9.17, 15) is 21.6 Å². The molecule has 0 amide bonds. The van der Waals surface area contributed by atoms with Crippen molar-refractivity contribution in [1.82, 2.24) is 4.72 Å². The SMILES string of the molecule is CS(=O)(=O)CCC(NS(C)(=O)=O)C(=O)O. The molecule has 0 fully saturated rings. The molecule has 0 aromatic heterocycles. The lowest BCUT2D eigenvalue weighted by atomic mass is 10.2. The van der Waals surface area contributed by atoms with Crippen molar-refractivity contribution < 1.29 is 26.7 Å². The summed E-state index contributed by atoms with van der Waals surface area (Å²) in [5.41, 5.74) is 0. The molecule has 15 heavy (non-hydrogen) atoms. The van der Waals surface area contributed by atoms with Crippen LogP contribution < -0.4 is 4.72 Å². The second-order valence-electron chi connectivity index (χ2n) is 3.20. The van der Waals surface area contributed by atoms with E-state index in [0.717, 1.165) is 12.5 Å². The van der Waals surface area contributed by atoms with Gasteiger partial charge in [-0.1, -0.05) is 0 Å². The summed E-state index contributed by atoms with van der Waals surface area (Å²) in [4.78, 5) is 10.6. The highest BCUT2D eigenvalue weighted by Crippen LogP contribution is 1.98. The number of carboxylic acids is 1. The van der Waals surface area contributed by atoms with Crippen molar-refractivity contribution >= 4 is 25.8 Å². The van der Waals surface area contributed by atoms with Gasteiger partial charge in [0.1, 0.15) is 15.9 Å². The van der Waals surface area contributed by atoms with Crippen LogP contribution >= 0.6 is 0 Å². The number of hydrogen-bond donors (Lipinski definition) is 2. The van der Waals surface area contributed by atoms with Crippen molar-refractivity contribution in [3.05, 3.63) is 0 Å². The van der Waals surface area contributed by atoms with Crippen LogP contribution in [0.5, 0.6) is 0 Å². The van der Waals surface area contributed by atoms with Gasteiger partial charge in [0.2, 0.25) is 10.0 Å². The van der Waals surface area contributed by atoms with E-state index in [-0.39, 0.29) is 12.2 Å². The number of rotatable bonds is 6. The summed E-state index contributed by atoms with van der Waals surface area (Å²) in [6, 6.07) is -1.41. The minimum Gasteiger partial charge on any atom is -0.480 e. The molecular formula is C6H13NO6S2. The molecule has 0 aliphatic heterocycles. The molecule has 1 unspecified atom stereocenters. The molecule has 9 heteroatoms. The van der Waals surface area contributed by atoms with Gasteiger partial charge in [-0.15, -0.1) is 0 Å². The molecule has 7 nitrogen and oxygen atoms in total. The van der Waals surface area contributed by atoms with Crippen molar-refractivity contribution in [2.75, 3.05) is 18.3 Å². The van der Waals surface area contributed by atoms with Crippen molar-refractivity contribution in [1.29, 1.82) is 0 Å². The van der Waals surface area contributed by atoms with Gasteiger partial charge in [-0.25, -0.2) is 21.6 Å². The highest BCUT2D eigenvalue weighted by molar-refractivity contribution is 7.90. The maximum absolute atomic E-state index is 10.8. The quantitative estimate of drug-likeness (QED) is 0.594. The van der Waals surface area contributed by atoms with E-state index in [1.807, 2.05) is 4.72 Å². The normalized spacial score (nSPS) is 14.8. The van der Waals surface area contributed by atoms with Crippen LogP contribution in [-0.2, 0) is 24.7 Å². The summed E-state index contributed by atoms with van der Waals surface area (Å²) in [6.07, 6.45) is 1.47. The molecule has 0 bridgehead atoms. The van der Waals surface area contributed by atoms with Crippen molar-refractivity contribution in [2.45, 2.75) is 12.5 Å². The fraction of sp³-hybridized carbons (Fsp3) is 0.833. The third-order valence-electron chi connectivity index (χ3n) is 1.43. The molecule has 0 aromatic carbocycles. The predicted molar refractivity (Wildman–Crippen MR) is 53.7 cm³/mol. The van der Waals surface area contributed by atoms with Gasteiger partial charge in [0.25, 0.3) is 0 Å². The summed E-state index contributed by atoms with van der Waals surface area (Å²) in [6.45, 7) is 0. The lowest BCUT2D eigenvalue weighted by Gasteiger charge is -2.11. The summed E-state index contributed by atoms with van der Waals surface area (Å²) in [5, 5.41) is 8.61. The van der Waals surface area contributed by atoms with E-state index in [4.69, 9.17) is 5.11 Å². The number of nitrogens with one attached hydrogen (secondary N) is 1. The first-order valence-electron chi connectivity index (χ1n) is 3.89. The highest BCUT2D eigenvalue weighted by Gasteiger charge is 2.22. The van der Waals surface area contributed by atoms with Gasteiger partial charge in [0, 0.05) is 6.26 Å². The minimum atomic E-state index is -3.66. The topological polar surface area (TPSA) is 118 Å². The van der Waals surface area contributed by atoms with Gasteiger partial charge in [-0.3, -0.25) is 4.79 Å². The zero-order valence-corrected chi connectivity index (χ0v) is 9.93. The molecule has 1 atom stereocenters. The molecule has 0 saturated carbocycles. The summed E-state index contributed by atoms with van der Waals surface area (Å²) in [7, 11) is -6.97. The number of sulfonamides is 1. The first-order valence-corrected chi connectivity index (χ1v) is 7.84. The van der Waals surface area contributed by atoms with E-state index < -0.39 is 31.9 Å². The second kappa shape index (κ2) is 4.90. The second-order valence-corrected chi connectivity index (χ2v) is 7.24. The van der Waals surface area contributed by atoms with Crippen LogP contribution in [0.4, 0.5) is 0 Å². The van der Waals surface area contributed by atoms with Crippen LogP contribution in [0.15, 0.2) is 0 Å². The largest absolute Gasteiger partial charge is 0.480 e. The number of carbonyl (C=O) groups is 1. The third kappa shape index (κ3) is 8.33. The van der Waals surface area contributed by atoms with Crippen LogP contribution in [0.2, 0.25) is 0 Å². The number of aliphatic carboxylic acids is 1. The van der Waals surface area contributed by atoms with Crippen LogP contribution in [0.25, 0.3) is 0 Å². The first kappa shape index (κ1) is 14.3. The van der Waals surface area contributed by atoms with E-state index in [1.165, 1.54) is 0 Å². The molecule has 0 aliphatic carbocycles. The summed E-state index contributed by atoms with van der Waals surface area (Å²) in [5.74, 6) is -1.78. The lowest BCUT2D eigenvalue weighted by Crippen LogP contribution is -2.41. The third-order valence-corrected chi connectivity index (χ3v) is 3.12. The van der Waals surface area contributed by atoms with E-state index in [1.54, 1.807) is 0 Å². The predicted octanol–water partition coefficient (Wildman–Crippen LogP) is -1.58. The van der Waals surface area contributed by atoms with Gasteiger partial charge in [0.05, 0.1) is 12.0 Å². The first-order chi connectivity index (χ1) is 6.51. The Bertz CT molecular complexity index is 423. The van der Waals surface area contributed by atoms with Gasteiger partial charge in [-0.2, -0.15) is 0 Å². The molecule has 0 aromatic rings. The maximum Gasteiger partial charge on any atom is 0.321 e. The smallest absolute Gasteiger partial charge is 0.321 e. The fourth-order valence-electron chi connectivity index (χ4n) is 0.823. The summed E-state index contributed by atoms with van der Waals surface area (Å²) >= 11 is 0. The van der Waals surface area contributed by atoms with Crippen LogP contribution in [0, 0.1) is 0 Å². The Labute approximate surface area is 88.5 Å². The molecule has 0 rings (SSSR count). The average Bonchev–Trinajstić information content (AvgIpc) is 1.93. The van der Waals surface area contributed by atoms with Crippen LogP contribution in [0.1, 0.15) is 6.42 Å². The number of hydrogen-bond acceptors (Lipinski definition) is 5. The molecular weight excluding hydrogens is 246 g/mol. The number of sulfone groups is 1. The lowest BCUT2D eigenvalue weighted by molar-refractivity contribution is -0.139. The van der Waals surface area contributed by atoms with E-state index in [2.05, 4.69) is 0 Å². The molecule has 0 saturated heterocycles.